The van der Waals surface area contributed by atoms with Crippen LogP contribution >= 0.6 is 10.7 Å². The lowest BCUT2D eigenvalue weighted by atomic mass is 10.3. The van der Waals surface area contributed by atoms with Gasteiger partial charge in [0.2, 0.25) is 10.0 Å². The molecule has 2 rings (SSSR count). The molecule has 1 aromatic carbocycles. The van der Waals surface area contributed by atoms with E-state index in [1.807, 2.05) is 0 Å². The summed E-state index contributed by atoms with van der Waals surface area (Å²) in [4.78, 5) is -1.19. The second kappa shape index (κ2) is 5.76. The Bertz CT molecular complexity index is 847. The zero-order valence-corrected chi connectivity index (χ0v) is 12.7. The van der Waals surface area contributed by atoms with Gasteiger partial charge in [-0.3, -0.25) is 0 Å². The Balaban J connectivity index is 2.28. The minimum atomic E-state index is -4.13. The first kappa shape index (κ1) is 16.0. The SMILES string of the molecule is O=S(=O)(Cl)c1ccc(S(=O)(=O)NCc2ccoc2)c(F)c1. The van der Waals surface area contributed by atoms with Crippen LogP contribution in [-0.4, -0.2) is 16.8 Å². The van der Waals surface area contributed by atoms with Crippen molar-refractivity contribution in [2.24, 2.45) is 0 Å². The van der Waals surface area contributed by atoms with Gasteiger partial charge in [0, 0.05) is 22.8 Å². The number of hydrogen-bond acceptors (Lipinski definition) is 5. The van der Waals surface area contributed by atoms with Crippen molar-refractivity contribution in [3.8, 4) is 0 Å². The van der Waals surface area contributed by atoms with Crippen molar-refractivity contribution < 1.29 is 25.6 Å². The van der Waals surface area contributed by atoms with Crippen LogP contribution < -0.4 is 4.72 Å². The van der Waals surface area contributed by atoms with Gasteiger partial charge in [0.25, 0.3) is 9.05 Å². The fourth-order valence-corrected chi connectivity index (χ4v) is 3.34. The molecule has 0 aliphatic heterocycles. The number of hydrogen-bond donors (Lipinski definition) is 1. The third-order valence-corrected chi connectivity index (χ3v) is 5.31. The van der Waals surface area contributed by atoms with Gasteiger partial charge in [0.05, 0.1) is 17.4 Å². The van der Waals surface area contributed by atoms with Gasteiger partial charge in [0.15, 0.2) is 0 Å². The minimum absolute atomic E-state index is 0.0895. The number of furan rings is 1. The molecule has 0 bridgehead atoms. The molecule has 0 atom stereocenters. The molecule has 6 nitrogen and oxygen atoms in total. The van der Waals surface area contributed by atoms with E-state index in [2.05, 4.69) is 4.72 Å². The van der Waals surface area contributed by atoms with Crippen molar-refractivity contribution in [3.63, 3.8) is 0 Å². The Morgan fingerprint density at radius 3 is 2.43 bits per heavy atom. The third kappa shape index (κ3) is 3.82. The van der Waals surface area contributed by atoms with Crippen molar-refractivity contribution in [2.45, 2.75) is 16.3 Å². The molecule has 0 fully saturated rings. The van der Waals surface area contributed by atoms with Crippen LogP contribution in [0.5, 0.6) is 0 Å². The average Bonchev–Trinajstić information content (AvgIpc) is 2.88. The van der Waals surface area contributed by atoms with Crippen LogP contribution in [0.1, 0.15) is 5.56 Å². The molecule has 0 radical (unpaired) electrons. The number of rotatable bonds is 5. The molecule has 1 aromatic heterocycles. The summed E-state index contributed by atoms with van der Waals surface area (Å²) in [6.45, 7) is -0.0895. The van der Waals surface area contributed by atoms with Gasteiger partial charge in [-0.15, -0.1) is 0 Å². The molecule has 0 saturated heterocycles. The highest BCUT2D eigenvalue weighted by Crippen LogP contribution is 2.21. The molecule has 10 heteroatoms. The van der Waals surface area contributed by atoms with E-state index in [-0.39, 0.29) is 6.54 Å². The molecule has 0 saturated carbocycles. The van der Waals surface area contributed by atoms with Crippen LogP contribution in [-0.2, 0) is 25.6 Å². The molecule has 114 valence electrons. The van der Waals surface area contributed by atoms with E-state index >= 15 is 0 Å². The topological polar surface area (TPSA) is 93.5 Å². The summed E-state index contributed by atoms with van der Waals surface area (Å²) in [6.07, 6.45) is 2.70. The summed E-state index contributed by atoms with van der Waals surface area (Å²) < 4.78 is 66.7. The number of nitrogens with one attached hydrogen (secondary N) is 1. The van der Waals surface area contributed by atoms with Crippen LogP contribution in [0.3, 0.4) is 0 Å². The van der Waals surface area contributed by atoms with E-state index in [0.29, 0.717) is 11.6 Å². The Hall–Kier alpha value is -1.42. The highest BCUT2D eigenvalue weighted by molar-refractivity contribution is 8.13. The maximum Gasteiger partial charge on any atom is 0.261 e. The Morgan fingerprint density at radius 2 is 1.90 bits per heavy atom. The van der Waals surface area contributed by atoms with Crippen molar-refractivity contribution >= 4 is 29.8 Å². The summed E-state index contributed by atoms with van der Waals surface area (Å²) in [5.74, 6) is -1.21. The zero-order chi connectivity index (χ0) is 15.7. The average molecular weight is 354 g/mol. The first-order valence-electron chi connectivity index (χ1n) is 5.45. The molecule has 0 unspecified atom stereocenters. The smallest absolute Gasteiger partial charge is 0.261 e. The summed E-state index contributed by atoms with van der Waals surface area (Å²) in [5, 5.41) is 0. The first-order chi connectivity index (χ1) is 9.70. The normalized spacial score (nSPS) is 12.5. The predicted octanol–water partition coefficient (Wildman–Crippen LogP) is 1.82. The highest BCUT2D eigenvalue weighted by atomic mass is 35.7. The Kier molecular flexibility index (Phi) is 4.38. The number of sulfonamides is 1. The van der Waals surface area contributed by atoms with Gasteiger partial charge in [0.1, 0.15) is 10.7 Å². The predicted molar refractivity (Wildman–Crippen MR) is 72.2 cm³/mol. The quantitative estimate of drug-likeness (QED) is 0.827. The summed E-state index contributed by atoms with van der Waals surface area (Å²) in [7, 11) is -3.21. The summed E-state index contributed by atoms with van der Waals surface area (Å²) in [6, 6.07) is 3.84. The van der Waals surface area contributed by atoms with E-state index in [1.165, 1.54) is 12.5 Å². The zero-order valence-electron chi connectivity index (χ0n) is 10.3. The second-order valence-corrected chi connectivity index (χ2v) is 8.29. The van der Waals surface area contributed by atoms with Gasteiger partial charge in [-0.2, -0.15) is 0 Å². The van der Waals surface area contributed by atoms with Crippen LogP contribution in [0.15, 0.2) is 51.0 Å². The molecule has 0 amide bonds. The third-order valence-electron chi connectivity index (χ3n) is 2.52. The van der Waals surface area contributed by atoms with Crippen LogP contribution in [0.2, 0.25) is 0 Å². The van der Waals surface area contributed by atoms with Gasteiger partial charge >= 0.3 is 0 Å². The molecular weight excluding hydrogens is 345 g/mol. The lowest BCUT2D eigenvalue weighted by molar-refractivity contribution is 0.550. The summed E-state index contributed by atoms with van der Waals surface area (Å²) >= 11 is 0. The van der Waals surface area contributed by atoms with Gasteiger partial charge < -0.3 is 4.42 Å². The van der Waals surface area contributed by atoms with Crippen LogP contribution in [0.4, 0.5) is 4.39 Å². The number of halogens is 2. The van der Waals surface area contributed by atoms with Crippen LogP contribution in [0, 0.1) is 5.82 Å². The second-order valence-electron chi connectivity index (χ2n) is 3.99. The molecule has 21 heavy (non-hydrogen) atoms. The van der Waals surface area contributed by atoms with Crippen molar-refractivity contribution in [1.82, 2.24) is 4.72 Å². The molecule has 0 aliphatic rings. The van der Waals surface area contributed by atoms with E-state index in [9.17, 15) is 21.2 Å². The van der Waals surface area contributed by atoms with E-state index in [0.717, 1.165) is 12.1 Å². The lowest BCUT2D eigenvalue weighted by Gasteiger charge is -2.07. The minimum Gasteiger partial charge on any atom is -0.472 e. The fourth-order valence-electron chi connectivity index (χ4n) is 1.50. The lowest BCUT2D eigenvalue weighted by Crippen LogP contribution is -2.24. The molecule has 0 spiro atoms. The molecule has 0 aliphatic carbocycles. The van der Waals surface area contributed by atoms with Gasteiger partial charge in [-0.25, -0.2) is 25.9 Å². The van der Waals surface area contributed by atoms with Crippen molar-refractivity contribution in [2.75, 3.05) is 0 Å². The van der Waals surface area contributed by atoms with Gasteiger partial charge in [-0.1, -0.05) is 0 Å². The monoisotopic (exact) mass is 353 g/mol. The molecule has 1 N–H and O–H groups in total. The Labute approximate surface area is 125 Å². The number of benzene rings is 1. The maximum atomic E-state index is 13.8. The van der Waals surface area contributed by atoms with E-state index in [1.54, 1.807) is 6.07 Å². The maximum absolute atomic E-state index is 13.8. The van der Waals surface area contributed by atoms with Gasteiger partial charge in [-0.05, 0) is 24.3 Å². The van der Waals surface area contributed by atoms with Crippen molar-refractivity contribution in [1.29, 1.82) is 0 Å². The van der Waals surface area contributed by atoms with Crippen LogP contribution in [0.25, 0.3) is 0 Å². The van der Waals surface area contributed by atoms with Crippen molar-refractivity contribution in [3.05, 3.63) is 48.2 Å². The highest BCUT2D eigenvalue weighted by Gasteiger charge is 2.21. The largest absolute Gasteiger partial charge is 0.472 e. The molecule has 2 aromatic rings. The fraction of sp³-hybridized carbons (Fsp3) is 0.0909. The van der Waals surface area contributed by atoms with E-state index in [4.69, 9.17) is 15.1 Å². The Morgan fingerprint density at radius 1 is 1.19 bits per heavy atom. The first-order valence-corrected chi connectivity index (χ1v) is 9.24. The summed E-state index contributed by atoms with van der Waals surface area (Å²) in [5.41, 5.74) is 0.555. The van der Waals surface area contributed by atoms with E-state index < -0.39 is 34.7 Å². The molecular formula is C11H9ClFNO5S2. The molecule has 1 heterocycles. The standard InChI is InChI=1S/C11H9ClFNO5S2/c12-20(15,16)9-1-2-11(10(13)5-9)21(17,18)14-6-8-3-4-19-7-8/h1-5,7,14H,6H2.